The molecule has 11 heteroatoms. The van der Waals surface area contributed by atoms with E-state index in [1.807, 2.05) is 0 Å². The molecule has 1 heterocycles. The number of aromatic nitrogens is 2. The van der Waals surface area contributed by atoms with Gasteiger partial charge in [0.05, 0.1) is 4.99 Å². The Bertz CT molecular complexity index is 598. The van der Waals surface area contributed by atoms with E-state index in [-0.39, 0.29) is 33.5 Å². The van der Waals surface area contributed by atoms with Crippen molar-refractivity contribution in [3.05, 3.63) is 0 Å². The fourth-order valence-corrected chi connectivity index (χ4v) is 3.93. The molecular formula is C9H15N5O3S3. The molecule has 3 N–H and O–H groups in total. The van der Waals surface area contributed by atoms with Gasteiger partial charge < -0.3 is 11.1 Å². The number of sulfonamides is 1. The number of nitrogens with zero attached hydrogens (tertiary/aromatic N) is 3. The highest BCUT2D eigenvalue weighted by atomic mass is 32.2. The number of rotatable bonds is 7. The van der Waals surface area contributed by atoms with Gasteiger partial charge in [0.1, 0.15) is 0 Å². The van der Waals surface area contributed by atoms with Gasteiger partial charge in [0.15, 0.2) is 0 Å². The van der Waals surface area contributed by atoms with Gasteiger partial charge in [0, 0.05) is 26.4 Å². The van der Waals surface area contributed by atoms with E-state index in [0.717, 1.165) is 11.3 Å². The summed E-state index contributed by atoms with van der Waals surface area (Å²) < 4.78 is 25.7. The molecule has 0 saturated carbocycles. The summed E-state index contributed by atoms with van der Waals surface area (Å²) in [6.07, 6.45) is 0.291. The smallest absolute Gasteiger partial charge is 0.272 e. The quantitative estimate of drug-likeness (QED) is 0.538. The molecule has 0 spiro atoms. The number of anilines is 1. The monoisotopic (exact) mass is 337 g/mol. The second-order valence-electron chi connectivity index (χ2n) is 3.77. The number of hydrogen-bond acceptors (Lipinski definition) is 7. The van der Waals surface area contributed by atoms with Crippen LogP contribution >= 0.6 is 23.6 Å². The molecular weight excluding hydrogens is 322 g/mol. The van der Waals surface area contributed by atoms with Gasteiger partial charge in [0.2, 0.25) is 15.4 Å². The van der Waals surface area contributed by atoms with Crippen LogP contribution in [0.15, 0.2) is 4.34 Å². The average molecular weight is 337 g/mol. The molecule has 0 unspecified atom stereocenters. The summed E-state index contributed by atoms with van der Waals surface area (Å²) in [6, 6.07) is 0. The molecule has 0 aliphatic carbocycles. The molecule has 1 aromatic rings. The summed E-state index contributed by atoms with van der Waals surface area (Å²) in [5.41, 5.74) is 5.37. The lowest BCUT2D eigenvalue weighted by Gasteiger charge is -2.17. The van der Waals surface area contributed by atoms with E-state index >= 15 is 0 Å². The van der Waals surface area contributed by atoms with Crippen LogP contribution in [0.2, 0.25) is 0 Å². The number of hydrogen-bond donors (Lipinski definition) is 2. The molecule has 112 valence electrons. The number of carbonyl (C=O) groups is 1. The third kappa shape index (κ3) is 4.44. The van der Waals surface area contributed by atoms with Gasteiger partial charge in [0.25, 0.3) is 10.0 Å². The van der Waals surface area contributed by atoms with Gasteiger partial charge in [-0.05, 0) is 0 Å². The first kappa shape index (κ1) is 16.9. The minimum atomic E-state index is -3.75. The number of nitrogens with one attached hydrogen (secondary N) is 1. The maximum absolute atomic E-state index is 12.3. The molecule has 0 atom stereocenters. The van der Waals surface area contributed by atoms with E-state index in [2.05, 4.69) is 15.5 Å². The molecule has 1 rings (SSSR count). The third-order valence-electron chi connectivity index (χ3n) is 2.21. The van der Waals surface area contributed by atoms with Crippen LogP contribution in [0, 0.1) is 0 Å². The van der Waals surface area contributed by atoms with Crippen LogP contribution in [0.1, 0.15) is 20.3 Å². The molecule has 0 saturated heterocycles. The van der Waals surface area contributed by atoms with E-state index in [1.165, 1.54) is 11.2 Å². The van der Waals surface area contributed by atoms with E-state index < -0.39 is 10.0 Å². The van der Waals surface area contributed by atoms with Gasteiger partial charge in [-0.2, -0.15) is 4.31 Å². The number of carbonyl (C=O) groups excluding carboxylic acids is 1. The van der Waals surface area contributed by atoms with Gasteiger partial charge in [-0.25, -0.2) is 8.42 Å². The van der Waals surface area contributed by atoms with Crippen molar-refractivity contribution in [1.29, 1.82) is 0 Å². The Morgan fingerprint density at radius 1 is 1.50 bits per heavy atom. The molecule has 0 radical (unpaired) electrons. The molecule has 20 heavy (non-hydrogen) atoms. The van der Waals surface area contributed by atoms with E-state index in [1.54, 1.807) is 6.92 Å². The van der Waals surface area contributed by atoms with Gasteiger partial charge in [-0.15, -0.1) is 10.2 Å². The highest BCUT2D eigenvalue weighted by Gasteiger charge is 2.27. The molecule has 1 amide bonds. The SMILES string of the molecule is CCN(CCC(N)=S)S(=O)(=O)c1nnc(NC(C)=O)s1. The second-order valence-corrected chi connectivity index (χ2v) is 7.38. The Kier molecular flexibility index (Phi) is 5.92. The minimum absolute atomic E-state index is 0.140. The lowest BCUT2D eigenvalue weighted by Crippen LogP contribution is -2.33. The van der Waals surface area contributed by atoms with Crippen molar-refractivity contribution in [3.63, 3.8) is 0 Å². The summed E-state index contributed by atoms with van der Waals surface area (Å²) in [6.45, 7) is 3.45. The third-order valence-corrected chi connectivity index (χ3v) is 5.57. The van der Waals surface area contributed by atoms with Crippen LogP contribution in [-0.2, 0) is 14.8 Å². The van der Waals surface area contributed by atoms with Crippen molar-refractivity contribution < 1.29 is 13.2 Å². The molecule has 1 aromatic heterocycles. The lowest BCUT2D eigenvalue weighted by molar-refractivity contribution is -0.114. The first-order chi connectivity index (χ1) is 9.27. The Balaban J connectivity index is 2.92. The van der Waals surface area contributed by atoms with Crippen LogP contribution < -0.4 is 11.1 Å². The topological polar surface area (TPSA) is 118 Å². The molecule has 8 nitrogen and oxygen atoms in total. The highest BCUT2D eigenvalue weighted by Crippen LogP contribution is 2.23. The zero-order valence-electron chi connectivity index (χ0n) is 11.0. The van der Waals surface area contributed by atoms with Crippen LogP contribution in [0.5, 0.6) is 0 Å². The molecule has 0 aromatic carbocycles. The maximum atomic E-state index is 12.3. The van der Waals surface area contributed by atoms with Crippen molar-refractivity contribution in [1.82, 2.24) is 14.5 Å². The maximum Gasteiger partial charge on any atom is 0.272 e. The Hall–Kier alpha value is -1.17. The van der Waals surface area contributed by atoms with Gasteiger partial charge in [-0.1, -0.05) is 30.5 Å². The molecule has 0 fully saturated rings. The fraction of sp³-hybridized carbons (Fsp3) is 0.556. The number of thiocarbonyl (C=S) groups is 1. The predicted molar refractivity (Wildman–Crippen MR) is 80.0 cm³/mol. The zero-order chi connectivity index (χ0) is 15.3. The van der Waals surface area contributed by atoms with Crippen molar-refractivity contribution in [2.75, 3.05) is 18.4 Å². The van der Waals surface area contributed by atoms with E-state index in [0.29, 0.717) is 6.42 Å². The summed E-state index contributed by atoms with van der Waals surface area (Å²) in [5.74, 6) is -0.342. The number of amides is 1. The summed E-state index contributed by atoms with van der Waals surface area (Å²) in [5, 5.41) is 9.74. The lowest BCUT2D eigenvalue weighted by atomic mass is 10.4. The van der Waals surface area contributed by atoms with Crippen molar-refractivity contribution in [3.8, 4) is 0 Å². The summed E-state index contributed by atoms with van der Waals surface area (Å²) in [4.78, 5) is 11.1. The Labute approximate surface area is 126 Å². The van der Waals surface area contributed by atoms with Crippen LogP contribution in [0.25, 0.3) is 0 Å². The Morgan fingerprint density at radius 3 is 2.65 bits per heavy atom. The van der Waals surface area contributed by atoms with Gasteiger partial charge in [-0.3, -0.25) is 4.79 Å². The molecule has 0 aliphatic heterocycles. The van der Waals surface area contributed by atoms with Crippen molar-refractivity contribution in [2.24, 2.45) is 5.73 Å². The molecule has 0 aliphatic rings. The van der Waals surface area contributed by atoms with Crippen molar-refractivity contribution in [2.45, 2.75) is 24.6 Å². The highest BCUT2D eigenvalue weighted by molar-refractivity contribution is 7.91. The first-order valence-corrected chi connectivity index (χ1v) is 8.33. The molecule has 0 bridgehead atoms. The van der Waals surface area contributed by atoms with E-state index in [4.69, 9.17) is 18.0 Å². The average Bonchev–Trinajstić information content (AvgIpc) is 2.77. The van der Waals surface area contributed by atoms with Gasteiger partial charge >= 0.3 is 0 Å². The Morgan fingerprint density at radius 2 is 2.15 bits per heavy atom. The summed E-state index contributed by atoms with van der Waals surface area (Å²) in [7, 11) is -3.75. The van der Waals surface area contributed by atoms with Crippen LogP contribution in [0.4, 0.5) is 5.13 Å². The number of nitrogens with two attached hydrogens (primary N) is 1. The first-order valence-electron chi connectivity index (χ1n) is 5.67. The fourth-order valence-electron chi connectivity index (χ4n) is 1.31. The largest absolute Gasteiger partial charge is 0.393 e. The second kappa shape index (κ2) is 7.02. The van der Waals surface area contributed by atoms with Crippen LogP contribution in [-0.4, -0.2) is 46.9 Å². The summed E-state index contributed by atoms with van der Waals surface area (Å²) >= 11 is 5.53. The predicted octanol–water partition coefficient (Wildman–Crippen LogP) is 0.183. The van der Waals surface area contributed by atoms with E-state index in [9.17, 15) is 13.2 Å². The normalized spacial score (nSPS) is 11.6. The van der Waals surface area contributed by atoms with Crippen LogP contribution in [0.3, 0.4) is 0 Å². The van der Waals surface area contributed by atoms with Crippen molar-refractivity contribution >= 4 is 49.6 Å². The minimum Gasteiger partial charge on any atom is -0.393 e. The standard InChI is InChI=1S/C9H15N5O3S3/c1-3-14(5-4-7(10)18)20(16,17)9-13-12-8(19-9)11-6(2)15/h3-5H2,1-2H3,(H2,10,18)(H,11,12,15). The zero-order valence-corrected chi connectivity index (χ0v) is 13.4.